The fraction of sp³-hybridized carbons (Fsp3) is 0.667. The molecule has 1 aromatic rings. The molecule has 0 amide bonds. The molecule has 0 saturated heterocycles. The van der Waals surface area contributed by atoms with E-state index in [9.17, 15) is 4.21 Å². The smallest absolute Gasteiger partial charge is 0.488 e. The predicted molar refractivity (Wildman–Crippen MR) is 86.3 cm³/mol. The molecule has 7 heteroatoms. The number of nitrogens with one attached hydrogen (secondary N) is 1. The molecule has 124 valence electrons. The maximum Gasteiger partial charge on any atom is 0.587 e. The van der Waals surface area contributed by atoms with Crippen molar-refractivity contribution in [2.24, 2.45) is 5.92 Å². The standard InChI is InChI=1S/C15H25N2O4S/c1-11(2)13(17-22-18)8-12-9-14(15(20-4)16-10-12)21-7-5-6-19-3/h9-11,13H,5-8H2,1-4H3,(H,17,18)/q+1/t13-/m0/s1. The van der Waals surface area contributed by atoms with Crippen molar-refractivity contribution in [3.8, 4) is 11.6 Å². The Bertz CT molecular complexity index is 457. The van der Waals surface area contributed by atoms with Crippen molar-refractivity contribution in [2.75, 3.05) is 27.4 Å². The van der Waals surface area contributed by atoms with Crippen molar-refractivity contribution < 1.29 is 18.4 Å². The first-order valence-electron chi connectivity index (χ1n) is 7.31. The van der Waals surface area contributed by atoms with E-state index in [1.807, 2.05) is 6.07 Å². The van der Waals surface area contributed by atoms with E-state index in [1.54, 1.807) is 20.4 Å². The van der Waals surface area contributed by atoms with Crippen LogP contribution in [0.1, 0.15) is 25.8 Å². The largest absolute Gasteiger partial charge is 0.587 e. The van der Waals surface area contributed by atoms with Gasteiger partial charge in [-0.2, -0.15) is 0 Å². The number of aromatic nitrogens is 1. The number of hydrogen-bond acceptors (Lipinski definition) is 5. The first-order chi connectivity index (χ1) is 10.6. The molecule has 0 bridgehead atoms. The third-order valence-electron chi connectivity index (χ3n) is 3.28. The first-order valence-corrected chi connectivity index (χ1v) is 8.05. The van der Waals surface area contributed by atoms with Crippen molar-refractivity contribution in [1.82, 2.24) is 9.71 Å². The average Bonchev–Trinajstić information content (AvgIpc) is 2.51. The first kappa shape index (κ1) is 18.7. The molecule has 0 saturated carbocycles. The van der Waals surface area contributed by atoms with Crippen LogP contribution in [0.3, 0.4) is 0 Å². The zero-order chi connectivity index (χ0) is 16.4. The topological polar surface area (TPSA) is 69.7 Å². The van der Waals surface area contributed by atoms with Gasteiger partial charge in [0.05, 0.1) is 24.0 Å². The Morgan fingerprint density at radius 2 is 2.09 bits per heavy atom. The van der Waals surface area contributed by atoms with Crippen LogP contribution in [0.2, 0.25) is 0 Å². The summed E-state index contributed by atoms with van der Waals surface area (Å²) in [6, 6.07) is 2.00. The van der Waals surface area contributed by atoms with Crippen molar-refractivity contribution >= 4 is 11.9 Å². The van der Waals surface area contributed by atoms with Crippen LogP contribution in [-0.2, 0) is 27.2 Å². The van der Waals surface area contributed by atoms with Gasteiger partial charge in [-0.1, -0.05) is 13.8 Å². The van der Waals surface area contributed by atoms with Gasteiger partial charge in [0.1, 0.15) is 0 Å². The summed E-state index contributed by atoms with van der Waals surface area (Å²) in [6.45, 7) is 5.34. The van der Waals surface area contributed by atoms with Crippen LogP contribution in [0.5, 0.6) is 11.6 Å². The Morgan fingerprint density at radius 3 is 2.68 bits per heavy atom. The zero-order valence-electron chi connectivity index (χ0n) is 13.6. The summed E-state index contributed by atoms with van der Waals surface area (Å²) < 4.78 is 29.6. The fourth-order valence-electron chi connectivity index (χ4n) is 1.96. The van der Waals surface area contributed by atoms with Crippen LogP contribution in [0.4, 0.5) is 0 Å². The Balaban J connectivity index is 2.77. The van der Waals surface area contributed by atoms with Gasteiger partial charge < -0.3 is 14.2 Å². The molecule has 1 rings (SSSR count). The molecule has 6 nitrogen and oxygen atoms in total. The third kappa shape index (κ3) is 6.21. The van der Waals surface area contributed by atoms with Crippen LogP contribution in [0.15, 0.2) is 12.3 Å². The lowest BCUT2D eigenvalue weighted by atomic mass is 9.98. The van der Waals surface area contributed by atoms with E-state index in [1.165, 1.54) is 0 Å². The summed E-state index contributed by atoms with van der Waals surface area (Å²) in [7, 11) is 3.23. The highest BCUT2D eigenvalue weighted by atomic mass is 32.2. The molecule has 0 aromatic carbocycles. The SMILES string of the molecule is COCCCOc1cc(C[C@H](N[S+]=O)C(C)C)cnc1OC. The molecule has 22 heavy (non-hydrogen) atoms. The molecule has 0 aliphatic heterocycles. The van der Waals surface area contributed by atoms with Gasteiger partial charge in [0.15, 0.2) is 5.75 Å². The molecular weight excluding hydrogens is 304 g/mol. The number of rotatable bonds is 11. The maximum absolute atomic E-state index is 10.7. The van der Waals surface area contributed by atoms with Gasteiger partial charge in [-0.3, -0.25) is 0 Å². The van der Waals surface area contributed by atoms with Gasteiger partial charge in [-0.05, 0) is 28.7 Å². The number of pyridine rings is 1. The van der Waals surface area contributed by atoms with E-state index in [-0.39, 0.29) is 6.04 Å². The quantitative estimate of drug-likeness (QED) is 0.382. The van der Waals surface area contributed by atoms with Gasteiger partial charge in [0.25, 0.3) is 5.88 Å². The Hall–Kier alpha value is -1.31. The highest BCUT2D eigenvalue weighted by Gasteiger charge is 2.20. The normalized spacial score (nSPS) is 12.2. The highest BCUT2D eigenvalue weighted by molar-refractivity contribution is 7.63. The summed E-state index contributed by atoms with van der Waals surface area (Å²) in [5, 5.41) is 0. The van der Waals surface area contributed by atoms with Crippen LogP contribution in [-0.4, -0.2) is 38.5 Å². The molecule has 0 aliphatic carbocycles. The Labute approximate surface area is 136 Å². The van der Waals surface area contributed by atoms with Gasteiger partial charge in [-0.25, -0.2) is 4.98 Å². The molecule has 0 radical (unpaired) electrons. The van der Waals surface area contributed by atoms with E-state index in [0.29, 0.717) is 49.0 Å². The summed E-state index contributed by atoms with van der Waals surface area (Å²) in [5.41, 5.74) is 1.00. The maximum atomic E-state index is 10.7. The summed E-state index contributed by atoms with van der Waals surface area (Å²) in [6.07, 6.45) is 3.26. The van der Waals surface area contributed by atoms with Crippen molar-refractivity contribution in [3.63, 3.8) is 0 Å². The molecule has 1 aromatic heterocycles. The zero-order valence-corrected chi connectivity index (χ0v) is 14.4. The van der Waals surface area contributed by atoms with Crippen molar-refractivity contribution in [3.05, 3.63) is 17.8 Å². The summed E-state index contributed by atoms with van der Waals surface area (Å²) in [5.74, 6) is 1.43. The van der Waals surface area contributed by atoms with Gasteiger partial charge in [0, 0.05) is 26.3 Å². The fourth-order valence-corrected chi connectivity index (χ4v) is 2.43. The summed E-state index contributed by atoms with van der Waals surface area (Å²) >= 11 is 0.398. The van der Waals surface area contributed by atoms with Gasteiger partial charge in [-0.15, -0.1) is 0 Å². The minimum absolute atomic E-state index is 0.0824. The van der Waals surface area contributed by atoms with Gasteiger partial charge >= 0.3 is 11.9 Å². The van der Waals surface area contributed by atoms with E-state index in [2.05, 4.69) is 23.6 Å². The predicted octanol–water partition coefficient (Wildman–Crippen LogP) is 2.01. The van der Waals surface area contributed by atoms with Crippen LogP contribution in [0, 0.1) is 5.92 Å². The van der Waals surface area contributed by atoms with E-state index >= 15 is 0 Å². The molecule has 0 aliphatic rings. The van der Waals surface area contributed by atoms with E-state index in [4.69, 9.17) is 14.2 Å². The van der Waals surface area contributed by atoms with Crippen molar-refractivity contribution in [2.45, 2.75) is 32.7 Å². The lowest BCUT2D eigenvalue weighted by Crippen LogP contribution is -2.32. The summed E-state index contributed by atoms with van der Waals surface area (Å²) in [4.78, 5) is 4.28. The number of hydrogen-bond donors (Lipinski definition) is 1. The monoisotopic (exact) mass is 329 g/mol. The lowest BCUT2D eigenvalue weighted by Gasteiger charge is -2.16. The molecule has 0 fully saturated rings. The van der Waals surface area contributed by atoms with E-state index in [0.717, 1.165) is 12.0 Å². The minimum atomic E-state index is 0.0824. The number of nitrogens with zero attached hydrogens (tertiary/aromatic N) is 1. The van der Waals surface area contributed by atoms with Crippen LogP contribution < -0.4 is 14.2 Å². The van der Waals surface area contributed by atoms with Crippen LogP contribution in [0.25, 0.3) is 0 Å². The minimum Gasteiger partial charge on any atom is -0.488 e. The molecule has 0 spiro atoms. The molecule has 0 unspecified atom stereocenters. The second-order valence-corrected chi connectivity index (χ2v) is 5.70. The molecule has 1 N–H and O–H groups in total. The molecule has 1 atom stereocenters. The van der Waals surface area contributed by atoms with Gasteiger partial charge in [0.2, 0.25) is 0 Å². The number of ether oxygens (including phenoxy) is 3. The van der Waals surface area contributed by atoms with Crippen molar-refractivity contribution in [1.29, 1.82) is 0 Å². The van der Waals surface area contributed by atoms with Crippen LogP contribution >= 0.6 is 0 Å². The molecular formula is C15H25N2O4S+. The Kier molecular flexibility index (Phi) is 8.88. The highest BCUT2D eigenvalue weighted by Crippen LogP contribution is 2.26. The van der Waals surface area contributed by atoms with E-state index < -0.39 is 0 Å². The third-order valence-corrected chi connectivity index (χ3v) is 3.68. The second-order valence-electron chi connectivity index (χ2n) is 5.30. The second kappa shape index (κ2) is 10.4. The number of methoxy groups -OCH3 is 2. The average molecular weight is 329 g/mol. The molecule has 1 heterocycles. The lowest BCUT2D eigenvalue weighted by molar-refractivity contribution is 0.170. The Morgan fingerprint density at radius 1 is 1.32 bits per heavy atom.